The van der Waals surface area contributed by atoms with Gasteiger partial charge in [0, 0.05) is 57.1 Å². The average molecular weight is 919 g/mol. The average Bonchev–Trinajstić information content (AvgIpc) is 3.82. The number of halogens is 1. The van der Waals surface area contributed by atoms with Gasteiger partial charge in [-0.3, -0.25) is 9.37 Å². The number of benzene rings is 5. The van der Waals surface area contributed by atoms with Crippen molar-refractivity contribution in [3.8, 4) is 39.5 Å². The number of nitrogens with zero attached hydrogens (tertiary/aromatic N) is 4. The van der Waals surface area contributed by atoms with Gasteiger partial charge in [0.2, 0.25) is 5.71 Å². The van der Waals surface area contributed by atoms with Crippen LogP contribution in [0.2, 0.25) is 0 Å². The molecular formula is C49H41FIrN4O-2. The maximum atomic E-state index is 12.7. The summed E-state index contributed by atoms with van der Waals surface area (Å²) in [5.41, 5.74) is 10.7. The number of imidazole rings is 1. The van der Waals surface area contributed by atoms with Crippen molar-refractivity contribution in [2.24, 2.45) is 0 Å². The number of aromatic nitrogens is 4. The van der Waals surface area contributed by atoms with Gasteiger partial charge in [-0.1, -0.05) is 93.2 Å². The van der Waals surface area contributed by atoms with Gasteiger partial charge in [-0.15, -0.1) is 48.0 Å². The van der Waals surface area contributed by atoms with Crippen molar-refractivity contribution in [2.45, 2.75) is 53.2 Å². The fraction of sp³-hybridized carbons (Fsp3) is 0.163. The molecule has 0 fully saturated rings. The molecule has 1 radical (unpaired) electrons. The molecule has 0 unspecified atom stereocenters. The molecule has 0 bridgehead atoms. The van der Waals surface area contributed by atoms with Crippen molar-refractivity contribution >= 4 is 33.1 Å². The number of aryl methyl sites for hydroxylation is 2. The van der Waals surface area contributed by atoms with Crippen LogP contribution in [-0.2, 0) is 20.1 Å². The van der Waals surface area contributed by atoms with Gasteiger partial charge in [0.15, 0.2) is 0 Å². The molecule has 9 rings (SSSR count). The standard InChI is InChI=1S/C37H32N3O.C12H9FN.Ir/c1-22(2)30-20-26(25-12-7-6-8-13-25)21-31(23(3)4)34(30)40-33-17-10-9-16-32(33)39-36(40)29-15-11-14-27-28-19-18-24(5)38-37(28)41-35(27)29;1-9-2-7-12(14-8-9)10-3-5-11(13)6-4-10;/h6-14,16-23H,1-5H3;2-3,5-8H,1H3;/q2*-1;/i5D3;1D3;. The summed E-state index contributed by atoms with van der Waals surface area (Å²) in [4.78, 5) is 13.6. The minimum atomic E-state index is -2.33. The molecule has 9 aromatic rings. The maximum absolute atomic E-state index is 12.7. The van der Waals surface area contributed by atoms with Gasteiger partial charge in [-0.05, 0) is 95.4 Å². The van der Waals surface area contributed by atoms with Gasteiger partial charge in [-0.2, -0.15) is 0 Å². The molecule has 5 aromatic carbocycles. The first-order valence-electron chi connectivity index (χ1n) is 21.2. The summed E-state index contributed by atoms with van der Waals surface area (Å²) in [5, 5.41) is 1.59. The first kappa shape index (κ1) is 31.5. The minimum absolute atomic E-state index is 0. The Morgan fingerprint density at radius 2 is 1.52 bits per heavy atom. The monoisotopic (exact) mass is 919 g/mol. The van der Waals surface area contributed by atoms with Gasteiger partial charge in [0.25, 0.3) is 0 Å². The van der Waals surface area contributed by atoms with Crippen LogP contribution in [0.15, 0.2) is 132 Å². The van der Waals surface area contributed by atoms with Crippen LogP contribution in [0.25, 0.3) is 72.6 Å². The van der Waals surface area contributed by atoms with Crippen LogP contribution >= 0.6 is 0 Å². The molecule has 0 spiro atoms. The number of hydrogen-bond acceptors (Lipinski definition) is 4. The van der Waals surface area contributed by atoms with Crippen LogP contribution in [0.5, 0.6) is 0 Å². The van der Waals surface area contributed by atoms with E-state index in [4.69, 9.17) is 17.6 Å². The molecule has 0 aliphatic rings. The quantitative estimate of drug-likeness (QED) is 0.156. The largest absolute Gasteiger partial charge is 0.486 e. The molecule has 56 heavy (non-hydrogen) atoms. The Labute approximate surface area is 349 Å². The van der Waals surface area contributed by atoms with Gasteiger partial charge in [-0.25, -0.2) is 4.98 Å². The van der Waals surface area contributed by atoms with E-state index in [1.165, 1.54) is 46.6 Å². The topological polar surface area (TPSA) is 56.7 Å². The maximum Gasteiger partial charge on any atom is 0.216 e. The second-order valence-corrected chi connectivity index (χ2v) is 14.0. The van der Waals surface area contributed by atoms with Crippen LogP contribution in [0.4, 0.5) is 4.39 Å². The molecule has 0 aliphatic carbocycles. The first-order chi connectivity index (χ1) is 29.1. The van der Waals surface area contributed by atoms with Gasteiger partial charge >= 0.3 is 0 Å². The van der Waals surface area contributed by atoms with Gasteiger partial charge < -0.3 is 14.0 Å². The van der Waals surface area contributed by atoms with Crippen LogP contribution in [0.1, 0.15) is 70.1 Å². The van der Waals surface area contributed by atoms with E-state index in [2.05, 4.69) is 96.8 Å². The molecule has 4 aromatic heterocycles. The Balaban J connectivity index is 0.000000270. The number of furan rings is 1. The number of pyridine rings is 2. The molecule has 4 heterocycles. The molecule has 5 nitrogen and oxygen atoms in total. The van der Waals surface area contributed by atoms with E-state index < -0.39 is 13.7 Å². The summed E-state index contributed by atoms with van der Waals surface area (Å²) in [7, 11) is 0. The van der Waals surface area contributed by atoms with Crippen molar-refractivity contribution in [3.05, 3.63) is 168 Å². The van der Waals surface area contributed by atoms with Crippen LogP contribution in [0, 0.1) is 31.7 Å². The zero-order valence-electron chi connectivity index (χ0n) is 37.2. The smallest absolute Gasteiger partial charge is 0.216 e. The normalized spacial score (nSPS) is 13.3. The predicted octanol–water partition coefficient (Wildman–Crippen LogP) is 13.0. The fourth-order valence-corrected chi connectivity index (χ4v) is 6.94. The van der Waals surface area contributed by atoms with E-state index >= 15 is 0 Å². The SMILES string of the molecule is [2H]C([2H])([2H])c1ccc(-c2[c-]cc(F)cc2)nc1.[2H]C([2H])([2H])c1ccc2c(n1)oc1c(-c3nc4ccccc4n3-c3c(C(C)C)cc(-c4ccccc4)cc3C(C)C)[c-]ccc12.[Ir]. The Morgan fingerprint density at radius 1 is 0.750 bits per heavy atom. The van der Waals surface area contributed by atoms with E-state index in [0.717, 1.165) is 27.5 Å². The summed E-state index contributed by atoms with van der Waals surface area (Å²) < 4.78 is 66.4. The summed E-state index contributed by atoms with van der Waals surface area (Å²) in [5.74, 6) is 0.804. The zero-order chi connectivity index (χ0) is 43.2. The Morgan fingerprint density at radius 3 is 2.20 bits per heavy atom. The molecule has 0 amide bonds. The molecule has 0 saturated carbocycles. The van der Waals surface area contributed by atoms with E-state index in [9.17, 15) is 4.39 Å². The van der Waals surface area contributed by atoms with Crippen molar-refractivity contribution < 1.29 is 37.1 Å². The summed E-state index contributed by atoms with van der Waals surface area (Å²) in [6.45, 7) is 4.45. The third kappa shape index (κ3) is 7.45. The van der Waals surface area contributed by atoms with Gasteiger partial charge in [0.05, 0.1) is 22.4 Å². The summed E-state index contributed by atoms with van der Waals surface area (Å²) >= 11 is 0. The Kier molecular flexibility index (Phi) is 9.07. The summed E-state index contributed by atoms with van der Waals surface area (Å²) in [6.07, 6.45) is 1.31. The summed E-state index contributed by atoms with van der Waals surface area (Å²) in [6, 6.07) is 43.8. The molecule has 281 valence electrons. The van der Waals surface area contributed by atoms with E-state index in [-0.39, 0.29) is 54.7 Å². The van der Waals surface area contributed by atoms with E-state index in [0.29, 0.717) is 28.2 Å². The Bertz CT molecular complexity index is 2980. The number of para-hydroxylation sites is 2. The number of rotatable bonds is 6. The predicted molar refractivity (Wildman–Crippen MR) is 222 cm³/mol. The van der Waals surface area contributed by atoms with Crippen molar-refractivity contribution in [3.63, 3.8) is 0 Å². The molecular weight excluding hydrogens is 872 g/mol. The number of hydrogen-bond donors (Lipinski definition) is 0. The third-order valence-electron chi connectivity index (χ3n) is 9.64. The fourth-order valence-electron chi connectivity index (χ4n) is 6.94. The van der Waals surface area contributed by atoms with Crippen LogP contribution < -0.4 is 0 Å². The van der Waals surface area contributed by atoms with Crippen LogP contribution in [0.3, 0.4) is 0 Å². The molecule has 0 aliphatic heterocycles. The minimum Gasteiger partial charge on any atom is -0.486 e. The van der Waals surface area contributed by atoms with E-state index in [1.54, 1.807) is 24.3 Å². The molecule has 0 atom stereocenters. The third-order valence-corrected chi connectivity index (χ3v) is 9.64. The second-order valence-electron chi connectivity index (χ2n) is 14.0. The van der Waals surface area contributed by atoms with E-state index in [1.807, 2.05) is 36.4 Å². The molecule has 7 heteroatoms. The number of fused-ring (bicyclic) bond motifs is 4. The Hall–Kier alpha value is -5.75. The van der Waals surface area contributed by atoms with Crippen LogP contribution in [-0.4, -0.2) is 19.5 Å². The van der Waals surface area contributed by atoms with Gasteiger partial charge in [0.1, 0.15) is 0 Å². The first-order valence-corrected chi connectivity index (χ1v) is 18.2. The van der Waals surface area contributed by atoms with Crippen molar-refractivity contribution in [1.29, 1.82) is 0 Å². The second kappa shape index (κ2) is 16.2. The zero-order valence-corrected chi connectivity index (χ0v) is 33.6. The van der Waals surface area contributed by atoms with Crippen molar-refractivity contribution in [2.75, 3.05) is 0 Å². The molecule has 0 N–H and O–H groups in total. The molecule has 0 saturated heterocycles. The van der Waals surface area contributed by atoms with Crippen molar-refractivity contribution in [1.82, 2.24) is 19.5 Å².